The largest absolute Gasteiger partial charge is 0.694 e. The molecule has 2 unspecified atom stereocenters. The van der Waals surface area contributed by atoms with Gasteiger partial charge in [-0.1, -0.05) is 49.4 Å². The third kappa shape index (κ3) is 7.96. The molecule has 0 aliphatic heterocycles. The van der Waals surface area contributed by atoms with Gasteiger partial charge < -0.3 is 9.73 Å². The average Bonchev–Trinajstić information content (AvgIpc) is 3.30. The molecule has 180 valence electrons. The Labute approximate surface area is 202 Å². The molecule has 12 heteroatoms. The minimum Gasteiger partial charge on any atom is -0.411 e. The van der Waals surface area contributed by atoms with Crippen molar-refractivity contribution in [2.24, 2.45) is 0 Å². The first-order chi connectivity index (χ1) is 16.5. The summed E-state index contributed by atoms with van der Waals surface area (Å²) in [7, 11) is -2.54. The molecule has 10 nitrogen and oxygen atoms in total. The van der Waals surface area contributed by atoms with Crippen molar-refractivity contribution in [3.05, 3.63) is 69.8 Å². The predicted octanol–water partition coefficient (Wildman–Crippen LogP) is 5.42. The maximum absolute atomic E-state index is 11.1. The van der Waals surface area contributed by atoms with Gasteiger partial charge >= 0.3 is 8.25 Å². The highest BCUT2D eigenvalue weighted by atomic mass is 32.2. The van der Waals surface area contributed by atoms with Crippen LogP contribution >= 0.6 is 20.0 Å². The lowest BCUT2D eigenvalue weighted by atomic mass is 10.1. The number of hydrogen-bond donors (Lipinski definition) is 2. The number of thioether (sulfide) groups is 1. The van der Waals surface area contributed by atoms with Crippen molar-refractivity contribution in [1.82, 2.24) is 15.5 Å². The number of nitro groups is 1. The van der Waals surface area contributed by atoms with Crippen LogP contribution in [0.3, 0.4) is 0 Å². The molecular weight excluding hydrogens is 479 g/mol. The number of nitrogens with zero attached hydrogens (tertiary/aromatic N) is 3. The zero-order chi connectivity index (χ0) is 24.3. The summed E-state index contributed by atoms with van der Waals surface area (Å²) in [4.78, 5) is 19.3. The maximum atomic E-state index is 11.1. The number of benzene rings is 2. The Morgan fingerprint density at radius 3 is 2.76 bits per heavy atom. The molecule has 1 aromatic heterocycles. The van der Waals surface area contributed by atoms with E-state index in [4.69, 9.17) is 9.31 Å². The normalized spacial score (nSPS) is 12.5. The van der Waals surface area contributed by atoms with Crippen molar-refractivity contribution >= 4 is 25.7 Å². The van der Waals surface area contributed by atoms with Crippen molar-refractivity contribution in [2.45, 2.75) is 43.2 Å². The van der Waals surface area contributed by atoms with Crippen LogP contribution in [-0.4, -0.2) is 33.2 Å². The second-order valence-electron chi connectivity index (χ2n) is 7.42. The highest BCUT2D eigenvalue weighted by molar-refractivity contribution is 7.99. The molecule has 2 atom stereocenters. The Hall–Kier alpha value is -2.69. The first kappa shape index (κ1) is 25.9. The van der Waals surface area contributed by atoms with Crippen LogP contribution in [0, 0.1) is 10.1 Å². The SMILES string of the molecule is CCCC(Sc1nnc(-c2ccc(CNCCCO[P+](=O)O)cc2)o1)c1cccc([N+](=O)[O-])c1. The molecule has 1 heterocycles. The Kier molecular flexibility index (Phi) is 10.1. The van der Waals surface area contributed by atoms with E-state index in [1.54, 1.807) is 12.1 Å². The lowest BCUT2D eigenvalue weighted by Gasteiger charge is -2.13. The Balaban J connectivity index is 1.58. The first-order valence-electron chi connectivity index (χ1n) is 10.8. The summed E-state index contributed by atoms with van der Waals surface area (Å²) in [5, 5.41) is 23.1. The van der Waals surface area contributed by atoms with Gasteiger partial charge in [-0.05, 0) is 42.6 Å². The molecule has 0 spiro atoms. The van der Waals surface area contributed by atoms with Gasteiger partial charge in [0.2, 0.25) is 5.89 Å². The molecule has 34 heavy (non-hydrogen) atoms. The fraction of sp³-hybridized carbons (Fsp3) is 0.364. The molecule has 0 saturated heterocycles. The van der Waals surface area contributed by atoms with Crippen molar-refractivity contribution in [2.75, 3.05) is 13.2 Å². The lowest BCUT2D eigenvalue weighted by molar-refractivity contribution is -0.384. The third-order valence-corrected chi connectivity index (χ3v) is 6.45. The van der Waals surface area contributed by atoms with Gasteiger partial charge in [-0.25, -0.2) is 0 Å². The van der Waals surface area contributed by atoms with E-state index in [1.807, 2.05) is 30.3 Å². The van der Waals surface area contributed by atoms with Gasteiger partial charge in [0.1, 0.15) is 6.61 Å². The number of nitrogens with one attached hydrogen (secondary N) is 1. The van der Waals surface area contributed by atoms with E-state index < -0.39 is 13.2 Å². The minimum absolute atomic E-state index is 0.0324. The summed E-state index contributed by atoms with van der Waals surface area (Å²) in [6, 6.07) is 14.4. The minimum atomic E-state index is -2.54. The van der Waals surface area contributed by atoms with E-state index in [9.17, 15) is 14.7 Å². The fourth-order valence-corrected chi connectivity index (χ4v) is 4.61. The summed E-state index contributed by atoms with van der Waals surface area (Å²) < 4.78 is 20.9. The van der Waals surface area contributed by atoms with Crippen LogP contribution in [0.1, 0.15) is 42.6 Å². The summed E-state index contributed by atoms with van der Waals surface area (Å²) in [6.07, 6.45) is 2.36. The highest BCUT2D eigenvalue weighted by Gasteiger charge is 2.19. The standard InChI is InChI=1S/C22H25N4O6PS/c1-2-5-20(18-6-3-7-19(14-18)26(27)28)34-22-25-24-21(32-22)17-10-8-16(9-11-17)15-23-12-4-13-31-33(29)30/h3,6-11,14,20,23H,2,4-5,12-13,15H2,1H3/p+1. The number of nitro benzene ring substituents is 1. The Morgan fingerprint density at radius 1 is 1.26 bits per heavy atom. The zero-order valence-corrected chi connectivity index (χ0v) is 20.3. The molecule has 0 bridgehead atoms. The monoisotopic (exact) mass is 505 g/mol. The molecule has 3 rings (SSSR count). The topological polar surface area (TPSA) is 141 Å². The van der Waals surface area contributed by atoms with Gasteiger partial charge in [0.15, 0.2) is 0 Å². The highest BCUT2D eigenvalue weighted by Crippen LogP contribution is 2.39. The lowest BCUT2D eigenvalue weighted by Crippen LogP contribution is -2.15. The van der Waals surface area contributed by atoms with Crippen molar-refractivity contribution in [3.8, 4) is 11.5 Å². The third-order valence-electron chi connectivity index (χ3n) is 4.88. The van der Waals surface area contributed by atoms with Crippen molar-refractivity contribution < 1.29 is 23.3 Å². The summed E-state index contributed by atoms with van der Waals surface area (Å²) in [5.41, 5.74) is 2.79. The number of hydrogen-bond acceptors (Lipinski definition) is 9. The van der Waals surface area contributed by atoms with Gasteiger partial charge in [-0.15, -0.1) is 19.6 Å². The van der Waals surface area contributed by atoms with Crippen molar-refractivity contribution in [3.63, 3.8) is 0 Å². The van der Waals surface area contributed by atoms with Gasteiger partial charge in [0.05, 0.1) is 4.92 Å². The van der Waals surface area contributed by atoms with E-state index >= 15 is 0 Å². The first-order valence-corrected chi connectivity index (χ1v) is 12.8. The molecule has 0 fully saturated rings. The molecule has 0 amide bonds. The van der Waals surface area contributed by atoms with Gasteiger partial charge in [0, 0.05) is 34.1 Å². The van der Waals surface area contributed by atoms with E-state index in [1.165, 1.54) is 17.8 Å². The van der Waals surface area contributed by atoms with E-state index in [0.29, 0.717) is 30.6 Å². The number of non-ortho nitro benzene ring substituents is 1. The second kappa shape index (κ2) is 13.3. The molecule has 0 radical (unpaired) electrons. The van der Waals surface area contributed by atoms with Crippen LogP contribution in [0.25, 0.3) is 11.5 Å². The van der Waals surface area contributed by atoms with Gasteiger partial charge in [-0.3, -0.25) is 10.1 Å². The number of aromatic nitrogens is 2. The molecule has 2 N–H and O–H groups in total. The van der Waals surface area contributed by atoms with Crippen LogP contribution in [0.5, 0.6) is 0 Å². The predicted molar refractivity (Wildman–Crippen MR) is 128 cm³/mol. The maximum Gasteiger partial charge on any atom is 0.694 e. The fourth-order valence-electron chi connectivity index (χ4n) is 3.23. The summed E-state index contributed by atoms with van der Waals surface area (Å²) in [6.45, 7) is 3.61. The molecular formula is C22H26N4O6PS+. The van der Waals surface area contributed by atoms with E-state index in [0.717, 1.165) is 29.5 Å². The molecule has 2 aromatic carbocycles. The van der Waals surface area contributed by atoms with E-state index in [2.05, 4.69) is 27.0 Å². The van der Waals surface area contributed by atoms with Crippen LogP contribution < -0.4 is 5.32 Å². The summed E-state index contributed by atoms with van der Waals surface area (Å²) >= 11 is 1.41. The van der Waals surface area contributed by atoms with Crippen LogP contribution in [0.15, 0.2) is 58.2 Å². The number of rotatable bonds is 14. The van der Waals surface area contributed by atoms with Gasteiger partial charge in [-0.2, -0.15) is 0 Å². The molecule has 0 aliphatic carbocycles. The summed E-state index contributed by atoms with van der Waals surface area (Å²) in [5.74, 6) is 0.409. The smallest absolute Gasteiger partial charge is 0.411 e. The van der Waals surface area contributed by atoms with Crippen molar-refractivity contribution in [1.29, 1.82) is 0 Å². The zero-order valence-electron chi connectivity index (χ0n) is 18.6. The van der Waals surface area contributed by atoms with Gasteiger partial charge in [0.25, 0.3) is 10.9 Å². The van der Waals surface area contributed by atoms with Crippen LogP contribution in [0.2, 0.25) is 0 Å². The van der Waals surface area contributed by atoms with E-state index in [-0.39, 0.29) is 17.5 Å². The average molecular weight is 506 g/mol. The van der Waals surface area contributed by atoms with Crippen LogP contribution in [-0.2, 0) is 15.6 Å². The van der Waals surface area contributed by atoms with Crippen LogP contribution in [0.4, 0.5) is 5.69 Å². The molecule has 3 aromatic rings. The Bertz CT molecular complexity index is 1100. The molecule has 0 saturated carbocycles. The molecule has 0 aliphatic rings. The second-order valence-corrected chi connectivity index (χ2v) is 9.31. The Morgan fingerprint density at radius 2 is 2.06 bits per heavy atom. The quantitative estimate of drug-likeness (QED) is 0.0958.